The molecule has 10 heteroatoms. The first-order valence-electron chi connectivity index (χ1n) is 10.7. The van der Waals surface area contributed by atoms with Crippen LogP contribution in [0, 0.1) is 0 Å². The van der Waals surface area contributed by atoms with E-state index in [9.17, 15) is 9.59 Å². The van der Waals surface area contributed by atoms with Gasteiger partial charge in [0.25, 0.3) is 0 Å². The van der Waals surface area contributed by atoms with Crippen LogP contribution in [-0.4, -0.2) is 35.0 Å². The summed E-state index contributed by atoms with van der Waals surface area (Å²) in [4.78, 5) is 34.2. The van der Waals surface area contributed by atoms with Gasteiger partial charge in [0, 0.05) is 24.8 Å². The average molecular weight is 478 g/mol. The second-order valence-electron chi connectivity index (χ2n) is 7.72. The molecule has 34 heavy (non-hydrogen) atoms. The number of hydrogen-bond acceptors (Lipinski definition) is 6. The van der Waals surface area contributed by atoms with Crippen LogP contribution >= 0.6 is 11.6 Å². The van der Waals surface area contributed by atoms with Gasteiger partial charge in [0.15, 0.2) is 0 Å². The summed E-state index contributed by atoms with van der Waals surface area (Å²) in [7, 11) is 1.85. The monoisotopic (exact) mass is 477 g/mol. The number of urea groups is 1. The van der Waals surface area contributed by atoms with E-state index < -0.39 is 0 Å². The van der Waals surface area contributed by atoms with Crippen LogP contribution in [0.2, 0.25) is 5.02 Å². The molecule has 4 N–H and O–H groups in total. The number of nitrogens with one attached hydrogen (secondary N) is 4. The van der Waals surface area contributed by atoms with E-state index in [-0.39, 0.29) is 18.0 Å². The van der Waals surface area contributed by atoms with Gasteiger partial charge < -0.3 is 26.2 Å². The highest BCUT2D eigenvalue weighted by molar-refractivity contribution is 6.34. The predicted molar refractivity (Wildman–Crippen MR) is 135 cm³/mol. The lowest BCUT2D eigenvalue weighted by Crippen LogP contribution is -2.30. The molecule has 9 nitrogen and oxygen atoms in total. The number of carbonyl (C=O) groups excluding carboxylic acids is 2. The molecule has 1 heterocycles. The summed E-state index contributed by atoms with van der Waals surface area (Å²) < 4.78 is 0. The van der Waals surface area contributed by atoms with E-state index in [0.29, 0.717) is 33.7 Å². The lowest BCUT2D eigenvalue weighted by atomic mass is 10.2. The number of benzene rings is 2. The smallest absolute Gasteiger partial charge is 0.319 e. The van der Waals surface area contributed by atoms with Crippen molar-refractivity contribution in [1.29, 1.82) is 0 Å². The quantitative estimate of drug-likeness (QED) is 0.338. The van der Waals surface area contributed by atoms with Gasteiger partial charge in [-0.25, -0.2) is 14.8 Å². The molecule has 0 saturated heterocycles. The fourth-order valence-corrected chi connectivity index (χ4v) is 3.36. The molecule has 0 radical (unpaired) electrons. The zero-order chi connectivity index (χ0) is 24.1. The number of hydrogen-bond donors (Lipinski definition) is 4. The van der Waals surface area contributed by atoms with Gasteiger partial charge in [-0.15, -0.1) is 0 Å². The Kier molecular flexibility index (Phi) is 6.93. The largest absolute Gasteiger partial charge is 0.338 e. The van der Waals surface area contributed by atoms with E-state index in [1.165, 1.54) is 12.4 Å². The summed E-state index contributed by atoms with van der Waals surface area (Å²) in [6, 6.07) is 14.4. The molecule has 1 aromatic heterocycles. The molecule has 1 fully saturated rings. The van der Waals surface area contributed by atoms with Gasteiger partial charge in [0.1, 0.15) is 18.0 Å². The highest BCUT2D eigenvalue weighted by Gasteiger charge is 2.23. The molecular formula is C24H24ClN7O2. The van der Waals surface area contributed by atoms with Crippen molar-refractivity contribution in [2.24, 2.45) is 0 Å². The van der Waals surface area contributed by atoms with Gasteiger partial charge in [-0.05, 0) is 49.2 Å². The number of halogens is 1. The fraction of sp³-hybridized carbons (Fsp3) is 0.167. The third kappa shape index (κ3) is 5.81. The maximum Gasteiger partial charge on any atom is 0.319 e. The summed E-state index contributed by atoms with van der Waals surface area (Å²) in [6.45, 7) is 3.48. The number of aromatic nitrogens is 2. The minimum absolute atomic E-state index is 0.259. The number of rotatable bonds is 8. The molecule has 1 saturated carbocycles. The number of carbonyl (C=O) groups is 2. The third-order valence-corrected chi connectivity index (χ3v) is 5.44. The third-order valence-electron chi connectivity index (χ3n) is 5.13. The van der Waals surface area contributed by atoms with Crippen LogP contribution in [-0.2, 0) is 4.79 Å². The fourth-order valence-electron chi connectivity index (χ4n) is 3.14. The second-order valence-corrected chi connectivity index (χ2v) is 8.13. The van der Waals surface area contributed by atoms with Crippen LogP contribution in [0.15, 0.2) is 67.5 Å². The first kappa shape index (κ1) is 23.1. The first-order chi connectivity index (χ1) is 16.4. The van der Waals surface area contributed by atoms with Crippen molar-refractivity contribution in [3.8, 4) is 0 Å². The Morgan fingerprint density at radius 2 is 1.82 bits per heavy atom. The highest BCUT2D eigenvalue weighted by Crippen LogP contribution is 2.31. The van der Waals surface area contributed by atoms with Gasteiger partial charge >= 0.3 is 6.03 Å². The van der Waals surface area contributed by atoms with E-state index in [1.807, 2.05) is 36.2 Å². The van der Waals surface area contributed by atoms with Crippen molar-refractivity contribution in [1.82, 2.24) is 15.3 Å². The highest BCUT2D eigenvalue weighted by atomic mass is 35.5. The normalized spacial score (nSPS) is 12.4. The van der Waals surface area contributed by atoms with Crippen molar-refractivity contribution in [2.45, 2.75) is 18.9 Å². The van der Waals surface area contributed by atoms with Crippen molar-refractivity contribution in [2.75, 3.05) is 27.9 Å². The molecule has 0 atom stereocenters. The SMILES string of the molecule is C=CC(=O)Nc1ccccc1Nc1cc(N(C)c2ccc(NC(=O)NC3CC3)c(Cl)c2)ncn1. The molecule has 0 spiro atoms. The molecule has 0 unspecified atom stereocenters. The van der Waals surface area contributed by atoms with Crippen molar-refractivity contribution < 1.29 is 9.59 Å². The zero-order valence-corrected chi connectivity index (χ0v) is 19.3. The van der Waals surface area contributed by atoms with Crippen LogP contribution in [0.3, 0.4) is 0 Å². The Morgan fingerprint density at radius 3 is 2.53 bits per heavy atom. The minimum atomic E-state index is -0.308. The van der Waals surface area contributed by atoms with Crippen LogP contribution in [0.25, 0.3) is 0 Å². The van der Waals surface area contributed by atoms with Gasteiger partial charge in [0.05, 0.1) is 22.1 Å². The lowest BCUT2D eigenvalue weighted by Gasteiger charge is -2.20. The van der Waals surface area contributed by atoms with Crippen molar-refractivity contribution in [3.05, 3.63) is 72.5 Å². The maximum absolute atomic E-state index is 12.0. The molecule has 3 amide bonds. The number of amides is 3. The van der Waals surface area contributed by atoms with E-state index in [1.54, 1.807) is 24.3 Å². The van der Waals surface area contributed by atoms with Crippen LogP contribution < -0.4 is 26.2 Å². The van der Waals surface area contributed by atoms with E-state index >= 15 is 0 Å². The summed E-state index contributed by atoms with van der Waals surface area (Å²) in [5.41, 5.74) is 2.58. The van der Waals surface area contributed by atoms with Gasteiger partial charge in [-0.3, -0.25) is 4.79 Å². The van der Waals surface area contributed by atoms with Gasteiger partial charge in [-0.2, -0.15) is 0 Å². The lowest BCUT2D eigenvalue weighted by molar-refractivity contribution is -0.111. The average Bonchev–Trinajstić information content (AvgIpc) is 3.65. The molecule has 4 rings (SSSR count). The molecule has 0 aliphatic heterocycles. The van der Waals surface area contributed by atoms with Crippen LogP contribution in [0.1, 0.15) is 12.8 Å². The molecule has 2 aromatic carbocycles. The molecule has 1 aliphatic rings. The summed E-state index contributed by atoms with van der Waals surface area (Å²) >= 11 is 6.41. The summed E-state index contributed by atoms with van der Waals surface area (Å²) in [5, 5.41) is 12.0. The second kappa shape index (κ2) is 10.2. The molecule has 174 valence electrons. The molecular weight excluding hydrogens is 454 g/mol. The summed E-state index contributed by atoms with van der Waals surface area (Å²) in [5.74, 6) is 0.851. The number of para-hydroxylation sites is 2. The molecule has 0 bridgehead atoms. The van der Waals surface area contributed by atoms with E-state index in [2.05, 4.69) is 37.8 Å². The van der Waals surface area contributed by atoms with Gasteiger partial charge in [0.2, 0.25) is 5.91 Å². The van der Waals surface area contributed by atoms with Crippen molar-refractivity contribution in [3.63, 3.8) is 0 Å². The van der Waals surface area contributed by atoms with E-state index in [4.69, 9.17) is 11.6 Å². The van der Waals surface area contributed by atoms with Gasteiger partial charge in [-0.1, -0.05) is 30.3 Å². The Balaban J connectivity index is 1.48. The minimum Gasteiger partial charge on any atom is -0.338 e. The maximum atomic E-state index is 12.0. The predicted octanol–water partition coefficient (Wildman–Crippen LogP) is 5.05. The summed E-state index contributed by atoms with van der Waals surface area (Å²) in [6.07, 6.45) is 4.67. The van der Waals surface area contributed by atoms with Crippen molar-refractivity contribution >= 4 is 57.9 Å². The van der Waals surface area contributed by atoms with Crippen LogP contribution in [0.5, 0.6) is 0 Å². The number of anilines is 6. The Labute approximate surface area is 202 Å². The Bertz CT molecular complexity index is 1230. The Morgan fingerprint density at radius 1 is 1.06 bits per heavy atom. The standard InChI is InChI=1S/C24H24ClN7O2/c1-3-23(33)30-20-7-5-4-6-19(20)29-21-13-22(27-14-26-21)32(2)16-10-11-18(17(25)12-16)31-24(34)28-15-8-9-15/h3-7,10-15H,1,8-9H2,2H3,(H,30,33)(H,26,27,29)(H2,28,31,34). The zero-order valence-electron chi connectivity index (χ0n) is 18.5. The van der Waals surface area contributed by atoms with E-state index in [0.717, 1.165) is 18.5 Å². The Hall–Kier alpha value is -4.11. The number of nitrogens with zero attached hydrogens (tertiary/aromatic N) is 3. The first-order valence-corrected chi connectivity index (χ1v) is 11.0. The molecule has 1 aliphatic carbocycles. The topological polar surface area (TPSA) is 111 Å². The molecule has 3 aromatic rings. The van der Waals surface area contributed by atoms with Crippen LogP contribution in [0.4, 0.5) is 39.2 Å².